The summed E-state index contributed by atoms with van der Waals surface area (Å²) in [6, 6.07) is 7.45. The normalized spacial score (nSPS) is 11.8. The van der Waals surface area contributed by atoms with Gasteiger partial charge in [-0.1, -0.05) is 29.8 Å². The van der Waals surface area contributed by atoms with E-state index in [0.29, 0.717) is 10.6 Å². The van der Waals surface area contributed by atoms with Crippen molar-refractivity contribution in [3.05, 3.63) is 46.6 Å². The zero-order valence-electron chi connectivity index (χ0n) is 9.08. The lowest BCUT2D eigenvalue weighted by Crippen LogP contribution is -2.15. The van der Waals surface area contributed by atoms with Crippen molar-refractivity contribution in [1.82, 2.24) is 9.78 Å². The van der Waals surface area contributed by atoms with Gasteiger partial charge in [-0.2, -0.15) is 18.3 Å². The number of halogens is 4. The minimum absolute atomic E-state index is 0.0777. The predicted octanol–water partition coefficient (Wildman–Crippen LogP) is 3.19. The Bertz CT molecular complexity index is 563. The van der Waals surface area contributed by atoms with Crippen molar-refractivity contribution >= 4 is 17.4 Å². The minimum Gasteiger partial charge on any atom is -0.382 e. The van der Waals surface area contributed by atoms with Gasteiger partial charge in [0.15, 0.2) is 0 Å². The minimum atomic E-state index is -4.49. The van der Waals surface area contributed by atoms with Gasteiger partial charge in [-0.25, -0.2) is 0 Å². The lowest BCUT2D eigenvalue weighted by atomic mass is 10.2. The van der Waals surface area contributed by atoms with Crippen LogP contribution in [0.4, 0.5) is 19.0 Å². The molecule has 0 unspecified atom stereocenters. The molecule has 0 aliphatic rings. The van der Waals surface area contributed by atoms with Crippen molar-refractivity contribution in [2.45, 2.75) is 12.7 Å². The maximum absolute atomic E-state index is 12.7. The van der Waals surface area contributed by atoms with Crippen molar-refractivity contribution in [2.75, 3.05) is 5.73 Å². The van der Waals surface area contributed by atoms with Gasteiger partial charge >= 0.3 is 6.18 Å². The number of nitrogens with zero attached hydrogens (tertiary/aromatic N) is 2. The van der Waals surface area contributed by atoms with E-state index < -0.39 is 11.9 Å². The topological polar surface area (TPSA) is 43.8 Å². The van der Waals surface area contributed by atoms with E-state index in [0.717, 1.165) is 10.7 Å². The Morgan fingerprint density at radius 1 is 1.28 bits per heavy atom. The third-order valence-corrected chi connectivity index (χ3v) is 2.74. The van der Waals surface area contributed by atoms with Crippen LogP contribution in [0.1, 0.15) is 11.3 Å². The van der Waals surface area contributed by atoms with Gasteiger partial charge in [-0.3, -0.25) is 4.68 Å². The van der Waals surface area contributed by atoms with E-state index >= 15 is 0 Å². The first-order valence-corrected chi connectivity index (χ1v) is 5.39. The van der Waals surface area contributed by atoms with Crippen molar-refractivity contribution < 1.29 is 13.2 Å². The number of hydrogen-bond donors (Lipinski definition) is 1. The standard InChI is InChI=1S/C11H9ClF3N3/c12-8-4-2-1-3-7(8)6-18-9(11(13,14)15)5-10(16)17-18/h1-5H,6H2,(H2,16,17). The Hall–Kier alpha value is -1.69. The summed E-state index contributed by atoms with van der Waals surface area (Å²) in [5.74, 6) is -0.172. The highest BCUT2D eigenvalue weighted by Crippen LogP contribution is 2.31. The lowest BCUT2D eigenvalue weighted by Gasteiger charge is -2.10. The zero-order chi connectivity index (χ0) is 13.3. The molecule has 2 aromatic rings. The van der Waals surface area contributed by atoms with E-state index in [1.807, 2.05) is 0 Å². The van der Waals surface area contributed by atoms with Gasteiger partial charge in [0.1, 0.15) is 11.5 Å². The van der Waals surface area contributed by atoms with Crippen LogP contribution in [-0.4, -0.2) is 9.78 Å². The number of rotatable bonds is 2. The summed E-state index contributed by atoms with van der Waals surface area (Å²) in [6.07, 6.45) is -4.49. The van der Waals surface area contributed by atoms with Crippen LogP contribution in [0, 0.1) is 0 Å². The van der Waals surface area contributed by atoms with Crippen molar-refractivity contribution in [2.24, 2.45) is 0 Å². The highest BCUT2D eigenvalue weighted by Gasteiger charge is 2.35. The Morgan fingerprint density at radius 2 is 1.94 bits per heavy atom. The molecule has 1 aromatic carbocycles. The molecule has 0 fully saturated rings. The molecular formula is C11H9ClF3N3. The maximum atomic E-state index is 12.7. The van der Waals surface area contributed by atoms with E-state index in [2.05, 4.69) is 5.10 Å². The molecule has 0 aliphatic heterocycles. The smallest absolute Gasteiger partial charge is 0.382 e. The van der Waals surface area contributed by atoms with Crippen LogP contribution in [0.25, 0.3) is 0 Å². The molecule has 96 valence electrons. The van der Waals surface area contributed by atoms with Crippen molar-refractivity contribution in [1.29, 1.82) is 0 Å². The SMILES string of the molecule is Nc1cc(C(F)(F)F)n(Cc2ccccc2Cl)n1. The summed E-state index contributed by atoms with van der Waals surface area (Å²) in [5, 5.41) is 4.02. The molecule has 0 atom stereocenters. The molecule has 0 radical (unpaired) electrons. The molecule has 0 aliphatic carbocycles. The molecule has 0 bridgehead atoms. The third kappa shape index (κ3) is 2.59. The predicted molar refractivity (Wildman–Crippen MR) is 62.2 cm³/mol. The zero-order valence-corrected chi connectivity index (χ0v) is 9.83. The van der Waals surface area contributed by atoms with Crippen molar-refractivity contribution in [3.8, 4) is 0 Å². The Morgan fingerprint density at radius 3 is 2.56 bits per heavy atom. The number of hydrogen-bond acceptors (Lipinski definition) is 2. The van der Waals surface area contributed by atoms with Crippen LogP contribution >= 0.6 is 11.6 Å². The fourth-order valence-corrected chi connectivity index (χ4v) is 1.77. The molecule has 3 nitrogen and oxygen atoms in total. The average molecular weight is 276 g/mol. The average Bonchev–Trinajstić information content (AvgIpc) is 2.63. The lowest BCUT2D eigenvalue weighted by molar-refractivity contribution is -0.144. The molecular weight excluding hydrogens is 267 g/mol. The number of nitrogens with two attached hydrogens (primary N) is 1. The number of aromatic nitrogens is 2. The van der Waals surface area contributed by atoms with E-state index in [1.165, 1.54) is 0 Å². The molecule has 2 rings (SSSR count). The number of alkyl halides is 3. The van der Waals surface area contributed by atoms with Crippen LogP contribution in [0.2, 0.25) is 5.02 Å². The highest BCUT2D eigenvalue weighted by atomic mass is 35.5. The first-order valence-electron chi connectivity index (χ1n) is 5.02. The van der Waals surface area contributed by atoms with Crippen LogP contribution in [0.3, 0.4) is 0 Å². The van der Waals surface area contributed by atoms with Gasteiger partial charge in [0.25, 0.3) is 0 Å². The van der Waals surface area contributed by atoms with Crippen LogP contribution in [0.15, 0.2) is 30.3 Å². The Balaban J connectivity index is 2.38. The summed E-state index contributed by atoms with van der Waals surface area (Å²) < 4.78 is 38.9. The largest absolute Gasteiger partial charge is 0.433 e. The number of anilines is 1. The Kier molecular flexibility index (Phi) is 3.21. The van der Waals surface area contributed by atoms with Crippen LogP contribution < -0.4 is 5.73 Å². The second-order valence-electron chi connectivity index (χ2n) is 3.70. The molecule has 18 heavy (non-hydrogen) atoms. The molecule has 1 heterocycles. The summed E-state index contributed by atoms with van der Waals surface area (Å²) in [7, 11) is 0. The molecule has 0 amide bonds. The highest BCUT2D eigenvalue weighted by molar-refractivity contribution is 6.31. The van der Waals surface area contributed by atoms with Gasteiger partial charge in [0.05, 0.1) is 6.54 Å². The number of benzene rings is 1. The van der Waals surface area contributed by atoms with Gasteiger partial charge in [-0.15, -0.1) is 0 Å². The summed E-state index contributed by atoms with van der Waals surface area (Å²) >= 11 is 5.89. The molecule has 0 saturated carbocycles. The first-order chi connectivity index (χ1) is 8.38. The second-order valence-corrected chi connectivity index (χ2v) is 4.11. The summed E-state index contributed by atoms with van der Waals surface area (Å²) in [6.45, 7) is -0.0777. The van der Waals surface area contributed by atoms with E-state index in [-0.39, 0.29) is 12.4 Å². The summed E-state index contributed by atoms with van der Waals surface area (Å²) in [5.41, 5.74) is 4.96. The molecule has 7 heteroatoms. The number of nitrogen functional groups attached to an aromatic ring is 1. The molecule has 0 saturated heterocycles. The van der Waals surface area contributed by atoms with Crippen molar-refractivity contribution in [3.63, 3.8) is 0 Å². The van der Waals surface area contributed by atoms with Crippen LogP contribution in [-0.2, 0) is 12.7 Å². The molecule has 0 spiro atoms. The van der Waals surface area contributed by atoms with E-state index in [1.54, 1.807) is 24.3 Å². The van der Waals surface area contributed by atoms with Gasteiger partial charge in [0, 0.05) is 11.1 Å². The monoisotopic (exact) mass is 275 g/mol. The first kappa shape index (κ1) is 12.8. The van der Waals surface area contributed by atoms with Gasteiger partial charge in [0.2, 0.25) is 0 Å². The van der Waals surface area contributed by atoms with E-state index in [9.17, 15) is 13.2 Å². The molecule has 1 aromatic heterocycles. The summed E-state index contributed by atoms with van der Waals surface area (Å²) in [4.78, 5) is 0. The quantitative estimate of drug-likeness (QED) is 0.915. The Labute approximate surface area is 106 Å². The van der Waals surface area contributed by atoms with E-state index in [4.69, 9.17) is 17.3 Å². The maximum Gasteiger partial charge on any atom is 0.433 e. The fourth-order valence-electron chi connectivity index (χ4n) is 1.57. The third-order valence-electron chi connectivity index (χ3n) is 2.37. The molecule has 2 N–H and O–H groups in total. The second kappa shape index (κ2) is 4.53. The van der Waals surface area contributed by atoms with Crippen LogP contribution in [0.5, 0.6) is 0 Å². The fraction of sp³-hybridized carbons (Fsp3) is 0.182. The van der Waals surface area contributed by atoms with Gasteiger partial charge < -0.3 is 5.73 Å². The van der Waals surface area contributed by atoms with Gasteiger partial charge in [-0.05, 0) is 11.6 Å².